The SMILES string of the molecule is CSc1cccc(NC(=O)CN(C)S(=O)(=O)c2ccc3c(c2)C[C@H](C)N3C(=O)C2CC2)c1. The predicted octanol–water partition coefficient (Wildman–Crippen LogP) is 3.36. The molecule has 0 unspecified atom stereocenters. The van der Waals surface area contributed by atoms with Crippen LogP contribution in [0, 0.1) is 5.92 Å². The van der Waals surface area contributed by atoms with Crippen LogP contribution in [-0.4, -0.2) is 50.4 Å². The van der Waals surface area contributed by atoms with Crippen LogP contribution in [0.25, 0.3) is 0 Å². The first kappa shape index (κ1) is 22.8. The Bertz CT molecular complexity index is 1160. The maximum atomic E-state index is 13.1. The number of anilines is 2. The van der Waals surface area contributed by atoms with Crippen LogP contribution in [-0.2, 0) is 26.0 Å². The molecular weight excluding hydrogens is 446 g/mol. The molecule has 0 saturated heterocycles. The lowest BCUT2D eigenvalue weighted by atomic mass is 10.1. The summed E-state index contributed by atoms with van der Waals surface area (Å²) in [6.45, 7) is 1.68. The van der Waals surface area contributed by atoms with Gasteiger partial charge in [-0.05, 0) is 74.4 Å². The molecular formula is C23H27N3O4S2. The zero-order valence-corrected chi connectivity index (χ0v) is 20.0. The van der Waals surface area contributed by atoms with E-state index in [9.17, 15) is 18.0 Å². The fraction of sp³-hybridized carbons (Fsp3) is 0.391. The van der Waals surface area contributed by atoms with Crippen LogP contribution in [0.4, 0.5) is 11.4 Å². The highest BCUT2D eigenvalue weighted by atomic mass is 32.2. The summed E-state index contributed by atoms with van der Waals surface area (Å²) in [5, 5.41) is 2.75. The molecule has 0 bridgehead atoms. The predicted molar refractivity (Wildman–Crippen MR) is 126 cm³/mol. The van der Waals surface area contributed by atoms with Gasteiger partial charge in [-0.25, -0.2) is 8.42 Å². The average Bonchev–Trinajstić information content (AvgIpc) is 3.55. The van der Waals surface area contributed by atoms with Crippen molar-refractivity contribution in [3.63, 3.8) is 0 Å². The highest BCUT2D eigenvalue weighted by Gasteiger charge is 2.40. The number of nitrogens with one attached hydrogen (secondary N) is 1. The van der Waals surface area contributed by atoms with Crippen LogP contribution < -0.4 is 10.2 Å². The second kappa shape index (κ2) is 8.88. The number of carbonyl (C=O) groups excluding carboxylic acids is 2. The Hall–Kier alpha value is -2.36. The van der Waals surface area contributed by atoms with E-state index in [1.165, 1.54) is 13.1 Å². The molecule has 9 heteroatoms. The molecule has 32 heavy (non-hydrogen) atoms. The van der Waals surface area contributed by atoms with Crippen molar-refractivity contribution in [3.8, 4) is 0 Å². The first-order chi connectivity index (χ1) is 15.2. The third kappa shape index (κ3) is 4.55. The van der Waals surface area contributed by atoms with Gasteiger partial charge in [0.25, 0.3) is 0 Å². The molecule has 1 heterocycles. The second-order valence-electron chi connectivity index (χ2n) is 8.37. The van der Waals surface area contributed by atoms with E-state index in [2.05, 4.69) is 5.32 Å². The molecule has 7 nitrogen and oxygen atoms in total. The Labute approximate surface area is 193 Å². The molecule has 1 aliphatic carbocycles. The zero-order chi connectivity index (χ0) is 23.0. The van der Waals surface area contributed by atoms with E-state index in [4.69, 9.17) is 0 Å². The van der Waals surface area contributed by atoms with Crippen LogP contribution in [0.3, 0.4) is 0 Å². The number of carbonyl (C=O) groups is 2. The van der Waals surface area contributed by atoms with Gasteiger partial charge in [-0.15, -0.1) is 11.8 Å². The quantitative estimate of drug-likeness (QED) is 0.623. The molecule has 1 N–H and O–H groups in total. The Kier molecular flexibility index (Phi) is 6.33. The second-order valence-corrected chi connectivity index (χ2v) is 11.3. The number of likely N-dealkylation sites (N-methyl/N-ethyl adjacent to an activating group) is 1. The van der Waals surface area contributed by atoms with Crippen molar-refractivity contribution in [1.29, 1.82) is 0 Å². The molecule has 2 aliphatic rings. The van der Waals surface area contributed by atoms with Gasteiger partial charge < -0.3 is 10.2 Å². The maximum Gasteiger partial charge on any atom is 0.243 e. The normalized spacial score (nSPS) is 18.0. The standard InChI is InChI=1S/C23H27N3O4S2/c1-15-11-17-12-20(9-10-21(17)26(15)23(28)16-7-8-16)32(29,30)25(2)14-22(27)24-18-5-4-6-19(13-18)31-3/h4-6,9-10,12-13,15-16H,7-8,11,14H2,1-3H3,(H,24,27)/t15-/m0/s1. The fourth-order valence-electron chi connectivity index (χ4n) is 4.00. The molecule has 2 aromatic rings. The highest BCUT2D eigenvalue weighted by molar-refractivity contribution is 7.98. The molecule has 1 fully saturated rings. The minimum atomic E-state index is -3.85. The molecule has 2 aromatic carbocycles. The Balaban J connectivity index is 1.47. The van der Waals surface area contributed by atoms with Crippen LogP contribution in [0.2, 0.25) is 0 Å². The lowest BCUT2D eigenvalue weighted by Gasteiger charge is -2.23. The van der Waals surface area contributed by atoms with E-state index < -0.39 is 15.9 Å². The van der Waals surface area contributed by atoms with Gasteiger partial charge in [0, 0.05) is 35.3 Å². The number of sulfonamides is 1. The summed E-state index contributed by atoms with van der Waals surface area (Å²) in [4.78, 5) is 28.0. The van der Waals surface area contributed by atoms with Gasteiger partial charge in [-0.1, -0.05) is 6.07 Å². The largest absolute Gasteiger partial charge is 0.325 e. The Morgan fingerprint density at radius 1 is 1.19 bits per heavy atom. The summed E-state index contributed by atoms with van der Waals surface area (Å²) in [7, 11) is -2.46. The zero-order valence-electron chi connectivity index (χ0n) is 18.4. The monoisotopic (exact) mass is 473 g/mol. The molecule has 170 valence electrons. The molecule has 1 atom stereocenters. The number of rotatable bonds is 7. The van der Waals surface area contributed by atoms with Crippen LogP contribution in [0.15, 0.2) is 52.3 Å². The van der Waals surface area contributed by atoms with Gasteiger partial charge in [0.15, 0.2) is 0 Å². The molecule has 2 amide bonds. The number of fused-ring (bicyclic) bond motifs is 1. The van der Waals surface area contributed by atoms with Gasteiger partial charge >= 0.3 is 0 Å². The molecule has 1 saturated carbocycles. The topological polar surface area (TPSA) is 86.8 Å². The fourth-order valence-corrected chi connectivity index (χ4v) is 5.64. The van der Waals surface area contributed by atoms with Crippen molar-refractivity contribution in [2.75, 3.05) is 30.1 Å². The summed E-state index contributed by atoms with van der Waals surface area (Å²) in [5.74, 6) is -0.176. The highest BCUT2D eigenvalue weighted by Crippen LogP contribution is 2.39. The summed E-state index contributed by atoms with van der Waals surface area (Å²) in [6, 6.07) is 12.3. The lowest BCUT2D eigenvalue weighted by molar-refractivity contribution is -0.120. The number of thioether (sulfide) groups is 1. The third-order valence-corrected chi connectivity index (χ3v) is 8.38. The van der Waals surface area contributed by atoms with E-state index in [0.717, 1.165) is 33.3 Å². The summed E-state index contributed by atoms with van der Waals surface area (Å²) in [6.07, 6.45) is 4.42. The summed E-state index contributed by atoms with van der Waals surface area (Å²) >= 11 is 1.56. The van der Waals surface area contributed by atoms with Crippen LogP contribution >= 0.6 is 11.8 Å². The van der Waals surface area contributed by atoms with Crippen molar-refractivity contribution in [1.82, 2.24) is 4.31 Å². The number of hydrogen-bond acceptors (Lipinski definition) is 5. The minimum absolute atomic E-state index is 0.0107. The first-order valence-corrected chi connectivity index (χ1v) is 13.2. The Morgan fingerprint density at radius 3 is 2.62 bits per heavy atom. The van der Waals surface area contributed by atoms with E-state index in [1.54, 1.807) is 30.0 Å². The van der Waals surface area contributed by atoms with Crippen molar-refractivity contribution < 1.29 is 18.0 Å². The van der Waals surface area contributed by atoms with E-state index in [0.29, 0.717) is 12.1 Å². The van der Waals surface area contributed by atoms with Gasteiger partial charge in [0.05, 0.1) is 11.4 Å². The van der Waals surface area contributed by atoms with E-state index >= 15 is 0 Å². The average molecular weight is 474 g/mol. The number of hydrogen-bond donors (Lipinski definition) is 1. The third-order valence-electron chi connectivity index (χ3n) is 5.86. The molecule has 4 rings (SSSR count). The molecule has 0 aromatic heterocycles. The van der Waals surface area contributed by atoms with Gasteiger partial charge in [0.2, 0.25) is 21.8 Å². The molecule has 0 radical (unpaired) electrons. The molecule has 0 spiro atoms. The van der Waals surface area contributed by atoms with Crippen LogP contribution in [0.1, 0.15) is 25.3 Å². The first-order valence-electron chi connectivity index (χ1n) is 10.6. The number of benzene rings is 2. The van der Waals surface area contributed by atoms with Gasteiger partial charge in [-0.3, -0.25) is 9.59 Å². The van der Waals surface area contributed by atoms with Gasteiger partial charge in [-0.2, -0.15) is 4.31 Å². The van der Waals surface area contributed by atoms with E-state index in [1.807, 2.05) is 36.3 Å². The number of amides is 2. The van der Waals surface area contributed by atoms with Crippen LogP contribution in [0.5, 0.6) is 0 Å². The Morgan fingerprint density at radius 2 is 1.94 bits per heavy atom. The van der Waals surface area contributed by atoms with Crippen molar-refractivity contribution in [2.24, 2.45) is 5.92 Å². The molecule has 1 aliphatic heterocycles. The van der Waals surface area contributed by atoms with Gasteiger partial charge in [0.1, 0.15) is 0 Å². The summed E-state index contributed by atoms with van der Waals surface area (Å²) in [5.41, 5.74) is 2.27. The maximum absolute atomic E-state index is 13.1. The summed E-state index contributed by atoms with van der Waals surface area (Å²) < 4.78 is 27.2. The minimum Gasteiger partial charge on any atom is -0.325 e. The van der Waals surface area contributed by atoms with Crippen molar-refractivity contribution in [2.45, 2.75) is 42.0 Å². The van der Waals surface area contributed by atoms with E-state index in [-0.39, 0.29) is 29.3 Å². The smallest absolute Gasteiger partial charge is 0.243 e. The van der Waals surface area contributed by atoms with Crippen molar-refractivity contribution in [3.05, 3.63) is 48.0 Å². The van der Waals surface area contributed by atoms with Crippen molar-refractivity contribution >= 4 is 45.0 Å². The number of nitrogens with zero attached hydrogens (tertiary/aromatic N) is 2. The lowest BCUT2D eigenvalue weighted by Crippen LogP contribution is -2.36.